The summed E-state index contributed by atoms with van der Waals surface area (Å²) < 4.78 is 1.61. The molecule has 0 unspecified atom stereocenters. The van der Waals surface area contributed by atoms with Crippen LogP contribution < -0.4 is 11.0 Å². The maximum atomic E-state index is 11.6. The first-order valence-electron chi connectivity index (χ1n) is 6.14. The molecule has 0 aliphatic carbocycles. The van der Waals surface area contributed by atoms with E-state index in [2.05, 4.69) is 25.5 Å². The highest BCUT2D eigenvalue weighted by atomic mass is 32.2. The van der Waals surface area contributed by atoms with E-state index in [0.29, 0.717) is 17.6 Å². The summed E-state index contributed by atoms with van der Waals surface area (Å²) in [5.41, 5.74) is -0.190. The normalized spacial score (nSPS) is 10.6. The Morgan fingerprint density at radius 3 is 3.05 bits per heavy atom. The number of nitrogens with zero attached hydrogens (tertiary/aromatic N) is 4. The molecule has 0 spiro atoms. The van der Waals surface area contributed by atoms with Crippen LogP contribution in [0.1, 0.15) is 20.3 Å². The molecule has 19 heavy (non-hydrogen) atoms. The van der Waals surface area contributed by atoms with Crippen molar-refractivity contribution in [3.63, 3.8) is 0 Å². The van der Waals surface area contributed by atoms with Gasteiger partial charge in [0.1, 0.15) is 5.03 Å². The average Bonchev–Trinajstić information content (AvgIpc) is 2.73. The number of anilines is 1. The lowest BCUT2D eigenvalue weighted by atomic mass is 10.5. The molecule has 0 fully saturated rings. The van der Waals surface area contributed by atoms with Gasteiger partial charge in [-0.15, -0.1) is 5.10 Å². The van der Waals surface area contributed by atoms with E-state index >= 15 is 0 Å². The van der Waals surface area contributed by atoms with E-state index < -0.39 is 0 Å². The minimum atomic E-state index is -0.190. The molecule has 8 heteroatoms. The van der Waals surface area contributed by atoms with E-state index in [4.69, 9.17) is 0 Å². The Morgan fingerprint density at radius 1 is 1.47 bits per heavy atom. The van der Waals surface area contributed by atoms with Crippen molar-refractivity contribution in [3.8, 4) is 0 Å². The minimum Gasteiger partial charge on any atom is -0.354 e. The van der Waals surface area contributed by atoms with Crippen LogP contribution in [-0.4, -0.2) is 31.3 Å². The Kier molecular flexibility index (Phi) is 4.56. The predicted octanol–water partition coefficient (Wildman–Crippen LogP) is 1.35. The van der Waals surface area contributed by atoms with Gasteiger partial charge in [-0.3, -0.25) is 4.57 Å². The van der Waals surface area contributed by atoms with Crippen LogP contribution in [0.2, 0.25) is 0 Å². The molecule has 0 saturated carbocycles. The first-order valence-corrected chi connectivity index (χ1v) is 6.96. The number of rotatable bonds is 6. The third kappa shape index (κ3) is 3.34. The van der Waals surface area contributed by atoms with Crippen molar-refractivity contribution in [2.45, 2.75) is 37.0 Å². The van der Waals surface area contributed by atoms with Gasteiger partial charge in [-0.1, -0.05) is 6.92 Å². The van der Waals surface area contributed by atoms with Gasteiger partial charge >= 0.3 is 5.69 Å². The van der Waals surface area contributed by atoms with E-state index in [-0.39, 0.29) is 5.69 Å². The third-order valence-electron chi connectivity index (χ3n) is 2.33. The molecule has 2 heterocycles. The van der Waals surface area contributed by atoms with Crippen molar-refractivity contribution < 1.29 is 0 Å². The van der Waals surface area contributed by atoms with Crippen LogP contribution in [0, 0.1) is 0 Å². The Labute approximate surface area is 114 Å². The average molecular weight is 280 g/mol. The fraction of sp³-hybridized carbons (Fsp3) is 0.455. The second-order valence-electron chi connectivity index (χ2n) is 3.81. The molecule has 2 aromatic heterocycles. The quantitative estimate of drug-likeness (QED) is 0.777. The molecule has 0 saturated heterocycles. The fourth-order valence-corrected chi connectivity index (χ4v) is 2.36. The zero-order chi connectivity index (χ0) is 13.7. The summed E-state index contributed by atoms with van der Waals surface area (Å²) in [7, 11) is 0. The Bertz CT molecular complexity index is 593. The van der Waals surface area contributed by atoms with Gasteiger partial charge in [0.25, 0.3) is 0 Å². The maximum Gasteiger partial charge on any atom is 0.343 e. The van der Waals surface area contributed by atoms with E-state index in [0.717, 1.165) is 18.0 Å². The van der Waals surface area contributed by atoms with Crippen LogP contribution in [0.4, 0.5) is 5.95 Å². The maximum absolute atomic E-state index is 11.6. The molecule has 2 rings (SSSR count). The summed E-state index contributed by atoms with van der Waals surface area (Å²) >= 11 is 1.34. The van der Waals surface area contributed by atoms with Gasteiger partial charge in [0.2, 0.25) is 5.95 Å². The van der Waals surface area contributed by atoms with Crippen molar-refractivity contribution in [2.75, 3.05) is 11.9 Å². The molecule has 0 aromatic carbocycles. The summed E-state index contributed by atoms with van der Waals surface area (Å²) in [6, 6.07) is 1.79. The van der Waals surface area contributed by atoms with E-state index in [1.807, 2.05) is 13.8 Å². The minimum absolute atomic E-state index is 0.190. The van der Waals surface area contributed by atoms with Crippen LogP contribution in [0.3, 0.4) is 0 Å². The molecule has 7 nitrogen and oxygen atoms in total. The largest absolute Gasteiger partial charge is 0.354 e. The zero-order valence-electron chi connectivity index (χ0n) is 10.9. The molecule has 2 N–H and O–H groups in total. The number of H-pyrrole nitrogens is 1. The monoisotopic (exact) mass is 280 g/mol. The number of nitrogens with one attached hydrogen (secondary N) is 2. The van der Waals surface area contributed by atoms with Gasteiger partial charge < -0.3 is 5.32 Å². The van der Waals surface area contributed by atoms with Crippen molar-refractivity contribution in [1.82, 2.24) is 24.7 Å². The number of hydrogen-bond donors (Lipinski definition) is 2. The van der Waals surface area contributed by atoms with Crippen LogP contribution in [-0.2, 0) is 6.54 Å². The molecule has 0 aliphatic rings. The molecule has 0 bridgehead atoms. The summed E-state index contributed by atoms with van der Waals surface area (Å²) in [4.78, 5) is 20.0. The van der Waals surface area contributed by atoms with Crippen LogP contribution in [0.25, 0.3) is 0 Å². The van der Waals surface area contributed by atoms with Crippen molar-refractivity contribution in [2.24, 2.45) is 0 Å². The Hall–Kier alpha value is -1.83. The lowest BCUT2D eigenvalue weighted by Crippen LogP contribution is -2.17. The topological polar surface area (TPSA) is 88.5 Å². The lowest BCUT2D eigenvalue weighted by Gasteiger charge is -2.04. The highest BCUT2D eigenvalue weighted by Crippen LogP contribution is 2.23. The van der Waals surface area contributed by atoms with Crippen LogP contribution in [0.15, 0.2) is 27.2 Å². The van der Waals surface area contributed by atoms with Crippen molar-refractivity contribution >= 4 is 17.7 Å². The summed E-state index contributed by atoms with van der Waals surface area (Å²) in [5.74, 6) is 0.576. The third-order valence-corrected chi connectivity index (χ3v) is 3.26. The molecule has 0 amide bonds. The van der Waals surface area contributed by atoms with Crippen LogP contribution >= 0.6 is 11.8 Å². The fourth-order valence-electron chi connectivity index (χ4n) is 1.54. The summed E-state index contributed by atoms with van der Waals surface area (Å²) in [6.45, 7) is 5.40. The smallest absolute Gasteiger partial charge is 0.343 e. The number of aromatic amines is 1. The molecule has 0 radical (unpaired) electrons. The van der Waals surface area contributed by atoms with Crippen LogP contribution in [0.5, 0.6) is 0 Å². The standard InChI is InChI=1S/C11H16N6OS/c1-3-7-17-10(18)15-16-11(17)19-8-5-6-13-9(14-8)12-4-2/h5-6H,3-4,7H2,1-2H3,(H,15,18)(H,12,13,14). The molecular weight excluding hydrogens is 264 g/mol. The summed E-state index contributed by atoms with van der Waals surface area (Å²) in [6.07, 6.45) is 2.56. The van der Waals surface area contributed by atoms with Gasteiger partial charge in [-0.25, -0.2) is 19.9 Å². The van der Waals surface area contributed by atoms with E-state index in [9.17, 15) is 4.79 Å². The Balaban J connectivity index is 2.21. The van der Waals surface area contributed by atoms with E-state index in [1.165, 1.54) is 11.8 Å². The second-order valence-corrected chi connectivity index (χ2v) is 4.80. The predicted molar refractivity (Wildman–Crippen MR) is 73.5 cm³/mol. The second kappa shape index (κ2) is 6.37. The molecule has 102 valence electrons. The van der Waals surface area contributed by atoms with Crippen molar-refractivity contribution in [3.05, 3.63) is 22.7 Å². The zero-order valence-corrected chi connectivity index (χ0v) is 11.7. The SMILES string of the molecule is CCCn1c(Sc2ccnc(NCC)n2)n[nH]c1=O. The lowest BCUT2D eigenvalue weighted by molar-refractivity contribution is 0.603. The first-order chi connectivity index (χ1) is 9.24. The van der Waals surface area contributed by atoms with E-state index in [1.54, 1.807) is 16.8 Å². The Morgan fingerprint density at radius 2 is 2.32 bits per heavy atom. The van der Waals surface area contributed by atoms with Crippen molar-refractivity contribution in [1.29, 1.82) is 0 Å². The summed E-state index contributed by atoms with van der Waals surface area (Å²) in [5, 5.41) is 10.9. The van der Waals surface area contributed by atoms with Gasteiger partial charge in [-0.05, 0) is 31.2 Å². The van der Waals surface area contributed by atoms with Gasteiger partial charge in [-0.2, -0.15) is 0 Å². The first kappa shape index (κ1) is 13.6. The molecule has 0 aliphatic heterocycles. The highest BCUT2D eigenvalue weighted by Gasteiger charge is 2.10. The highest BCUT2D eigenvalue weighted by molar-refractivity contribution is 7.99. The number of aromatic nitrogens is 5. The molecular formula is C11H16N6OS. The number of hydrogen-bond acceptors (Lipinski definition) is 6. The van der Waals surface area contributed by atoms with Gasteiger partial charge in [0, 0.05) is 19.3 Å². The van der Waals surface area contributed by atoms with Gasteiger partial charge in [0.15, 0.2) is 5.16 Å². The molecule has 0 atom stereocenters. The van der Waals surface area contributed by atoms with Gasteiger partial charge in [0.05, 0.1) is 0 Å². The molecule has 2 aromatic rings.